The van der Waals surface area contributed by atoms with E-state index in [0.717, 1.165) is 17.5 Å². The summed E-state index contributed by atoms with van der Waals surface area (Å²) < 4.78 is 12.0. The average Bonchev–Trinajstić information content (AvgIpc) is 2.95. The fourth-order valence-corrected chi connectivity index (χ4v) is 4.84. The van der Waals surface area contributed by atoms with Crippen molar-refractivity contribution < 1.29 is 29.9 Å². The van der Waals surface area contributed by atoms with Crippen molar-refractivity contribution >= 4 is 11.6 Å². The quantitative estimate of drug-likeness (QED) is 0.573. The molecule has 1 saturated heterocycles. The summed E-state index contributed by atoms with van der Waals surface area (Å²) in [6.07, 6.45) is -2.77. The lowest BCUT2D eigenvalue weighted by Gasteiger charge is -2.48. The summed E-state index contributed by atoms with van der Waals surface area (Å²) >= 11 is 6.58. The van der Waals surface area contributed by atoms with Gasteiger partial charge in [0.15, 0.2) is 0 Å². The van der Waals surface area contributed by atoms with Gasteiger partial charge >= 0.3 is 0 Å². The molecule has 0 bridgehead atoms. The average molecular weight is 449 g/mol. The fourth-order valence-electron chi connectivity index (χ4n) is 4.62. The molecule has 0 aliphatic carbocycles. The molecule has 31 heavy (non-hydrogen) atoms. The van der Waals surface area contributed by atoms with Crippen LogP contribution in [0.15, 0.2) is 36.4 Å². The van der Waals surface area contributed by atoms with E-state index in [0.29, 0.717) is 42.2 Å². The molecule has 168 valence electrons. The van der Waals surface area contributed by atoms with E-state index in [1.165, 1.54) is 5.56 Å². The number of halogens is 1. The van der Waals surface area contributed by atoms with E-state index in [1.807, 2.05) is 6.07 Å². The van der Waals surface area contributed by atoms with E-state index >= 15 is 0 Å². The first-order valence-corrected chi connectivity index (χ1v) is 11.1. The summed E-state index contributed by atoms with van der Waals surface area (Å²) in [5, 5.41) is 42.0. The minimum absolute atomic E-state index is 0.369. The minimum atomic E-state index is -1.46. The summed E-state index contributed by atoms with van der Waals surface area (Å²) in [6.45, 7) is 2.03. The maximum absolute atomic E-state index is 11.0. The summed E-state index contributed by atoms with van der Waals surface area (Å²) in [5.74, 6) is 0.479. The lowest BCUT2D eigenvalue weighted by atomic mass is 9.76. The monoisotopic (exact) mass is 448 g/mol. The summed E-state index contributed by atoms with van der Waals surface area (Å²) in [7, 11) is 0. The van der Waals surface area contributed by atoms with E-state index in [-0.39, 0.29) is 0 Å². The zero-order valence-corrected chi connectivity index (χ0v) is 18.3. The fraction of sp³-hybridized carbons (Fsp3) is 0.500. The second-order valence-corrected chi connectivity index (χ2v) is 8.80. The molecule has 7 heteroatoms. The molecule has 2 heterocycles. The van der Waals surface area contributed by atoms with Crippen LogP contribution in [0.3, 0.4) is 0 Å². The van der Waals surface area contributed by atoms with Crippen molar-refractivity contribution in [2.75, 3.05) is 13.2 Å². The molecule has 4 N–H and O–H groups in total. The number of aliphatic hydroxyl groups is 4. The molecule has 1 unspecified atom stereocenters. The van der Waals surface area contributed by atoms with Gasteiger partial charge in [0.05, 0.1) is 13.2 Å². The first kappa shape index (κ1) is 22.5. The molecule has 2 aliphatic heterocycles. The molecule has 0 saturated carbocycles. The number of rotatable bonds is 4. The van der Waals surface area contributed by atoms with Crippen LogP contribution in [0.2, 0.25) is 5.02 Å². The van der Waals surface area contributed by atoms with Gasteiger partial charge in [-0.15, -0.1) is 0 Å². The van der Waals surface area contributed by atoms with E-state index in [4.69, 9.17) is 21.1 Å². The van der Waals surface area contributed by atoms with Gasteiger partial charge in [0.25, 0.3) is 0 Å². The normalized spacial score (nSPS) is 30.5. The molecule has 5 atom stereocenters. The van der Waals surface area contributed by atoms with Crippen LogP contribution in [-0.4, -0.2) is 58.1 Å². The van der Waals surface area contributed by atoms with Gasteiger partial charge < -0.3 is 29.9 Å². The second kappa shape index (κ2) is 9.06. The Morgan fingerprint density at radius 2 is 1.77 bits per heavy atom. The Hall–Kier alpha value is -1.67. The van der Waals surface area contributed by atoms with E-state index < -0.39 is 36.6 Å². The number of ether oxygens (including phenoxy) is 2. The van der Waals surface area contributed by atoms with E-state index in [2.05, 4.69) is 31.2 Å². The highest BCUT2D eigenvalue weighted by molar-refractivity contribution is 6.31. The number of hydrogen-bond donors (Lipinski definition) is 4. The van der Waals surface area contributed by atoms with Crippen LogP contribution in [0.1, 0.15) is 42.0 Å². The Balaban J connectivity index is 1.77. The molecular formula is C24H29ClO6. The Morgan fingerprint density at radius 3 is 2.45 bits per heavy atom. The molecule has 6 nitrogen and oxygen atoms in total. The topological polar surface area (TPSA) is 99.4 Å². The van der Waals surface area contributed by atoms with Gasteiger partial charge in [0, 0.05) is 10.6 Å². The number of hydrogen-bond acceptors (Lipinski definition) is 6. The third-order valence-electron chi connectivity index (χ3n) is 6.45. The predicted octanol–water partition coefficient (Wildman–Crippen LogP) is 2.33. The zero-order chi connectivity index (χ0) is 22.2. The van der Waals surface area contributed by atoms with E-state index in [1.54, 1.807) is 6.07 Å². The van der Waals surface area contributed by atoms with Crippen LogP contribution in [-0.2, 0) is 23.2 Å². The lowest BCUT2D eigenvalue weighted by Crippen LogP contribution is -2.63. The zero-order valence-electron chi connectivity index (χ0n) is 17.5. The maximum Gasteiger partial charge on any atom is 0.126 e. The summed E-state index contributed by atoms with van der Waals surface area (Å²) in [5.41, 5.74) is 2.45. The van der Waals surface area contributed by atoms with Crippen LogP contribution in [0.5, 0.6) is 5.75 Å². The van der Waals surface area contributed by atoms with Crippen molar-refractivity contribution in [3.63, 3.8) is 0 Å². The van der Waals surface area contributed by atoms with Crippen molar-refractivity contribution in [2.24, 2.45) is 0 Å². The smallest absolute Gasteiger partial charge is 0.126 e. The van der Waals surface area contributed by atoms with Crippen LogP contribution < -0.4 is 4.74 Å². The van der Waals surface area contributed by atoms with Crippen LogP contribution >= 0.6 is 11.6 Å². The molecule has 2 aromatic rings. The van der Waals surface area contributed by atoms with Gasteiger partial charge in [-0.1, -0.05) is 42.8 Å². The number of aryl methyl sites for hydroxylation is 1. The van der Waals surface area contributed by atoms with Crippen molar-refractivity contribution in [3.05, 3.63) is 63.7 Å². The van der Waals surface area contributed by atoms with Gasteiger partial charge in [-0.3, -0.25) is 0 Å². The van der Waals surface area contributed by atoms with Crippen molar-refractivity contribution in [1.29, 1.82) is 0 Å². The lowest BCUT2D eigenvalue weighted by molar-refractivity contribution is -0.281. The molecule has 0 radical (unpaired) electrons. The minimum Gasteiger partial charge on any atom is -0.493 e. The Bertz CT molecular complexity index is 915. The highest BCUT2D eigenvalue weighted by Gasteiger charge is 2.55. The summed E-state index contributed by atoms with van der Waals surface area (Å²) in [4.78, 5) is 0. The van der Waals surface area contributed by atoms with Gasteiger partial charge in [-0.05, 0) is 54.5 Å². The number of benzene rings is 2. The van der Waals surface area contributed by atoms with Gasteiger partial charge in [-0.25, -0.2) is 0 Å². The van der Waals surface area contributed by atoms with Crippen molar-refractivity contribution in [2.45, 2.75) is 62.6 Å². The van der Waals surface area contributed by atoms with Crippen LogP contribution in [0.25, 0.3) is 0 Å². The molecule has 4 rings (SSSR count). The molecular weight excluding hydrogens is 420 g/mol. The highest BCUT2D eigenvalue weighted by Crippen LogP contribution is 2.48. The van der Waals surface area contributed by atoms with Crippen LogP contribution in [0, 0.1) is 0 Å². The first-order chi connectivity index (χ1) is 14.9. The van der Waals surface area contributed by atoms with Gasteiger partial charge in [0.1, 0.15) is 35.8 Å². The molecule has 1 spiro atoms. The summed E-state index contributed by atoms with van der Waals surface area (Å²) in [6, 6.07) is 11.9. The van der Waals surface area contributed by atoms with Crippen LogP contribution in [0.4, 0.5) is 0 Å². The van der Waals surface area contributed by atoms with Gasteiger partial charge in [-0.2, -0.15) is 0 Å². The number of aliphatic hydroxyl groups excluding tert-OH is 4. The second-order valence-electron chi connectivity index (χ2n) is 8.39. The highest BCUT2D eigenvalue weighted by atomic mass is 35.5. The largest absolute Gasteiger partial charge is 0.493 e. The molecule has 1 fully saturated rings. The first-order valence-electron chi connectivity index (χ1n) is 10.8. The Morgan fingerprint density at radius 1 is 1.06 bits per heavy atom. The third kappa shape index (κ3) is 4.09. The third-order valence-corrected chi connectivity index (χ3v) is 6.81. The Kier molecular flexibility index (Phi) is 6.58. The van der Waals surface area contributed by atoms with Crippen molar-refractivity contribution in [1.82, 2.24) is 0 Å². The van der Waals surface area contributed by atoms with Crippen molar-refractivity contribution in [3.8, 4) is 5.75 Å². The molecule has 0 aromatic heterocycles. The predicted molar refractivity (Wildman–Crippen MR) is 116 cm³/mol. The van der Waals surface area contributed by atoms with Gasteiger partial charge in [0.2, 0.25) is 0 Å². The SMILES string of the molecule is CCc1ccc(Cc2cc3c(cc2Cl)OCCCC32O[C@H](CO)[C@@H](O)[C@H](O)[C@H]2O)cc1. The molecule has 0 amide bonds. The van der Waals surface area contributed by atoms with E-state index in [9.17, 15) is 20.4 Å². The maximum atomic E-state index is 11.0. The molecule has 2 aliphatic rings. The standard InChI is InChI=1S/C24H29ClO6/c1-2-14-4-6-15(7-5-14)10-16-11-17-19(12-18(16)25)30-9-3-8-24(17)23(29)22(28)21(27)20(13-26)31-24/h4-7,11-12,20-23,26-29H,2-3,8-10,13H2,1H3/t20-,21-,22+,23-,24?/m1/s1. The number of fused-ring (bicyclic) bond motifs is 2. The molecule has 2 aromatic carbocycles. The Labute approximate surface area is 187 Å².